The summed E-state index contributed by atoms with van der Waals surface area (Å²) in [5, 5.41) is 1.14. The zero-order chi connectivity index (χ0) is 15.5. The molecular formula is C18H19FN2O. The lowest BCUT2D eigenvalue weighted by Gasteiger charge is -2.05. The van der Waals surface area contributed by atoms with Gasteiger partial charge in [-0.25, -0.2) is 4.39 Å². The number of benzene rings is 2. The van der Waals surface area contributed by atoms with Crippen LogP contribution in [0.5, 0.6) is 5.75 Å². The summed E-state index contributed by atoms with van der Waals surface area (Å²) in [5.41, 5.74) is 9.07. The molecule has 0 aliphatic heterocycles. The number of nitrogens with zero attached hydrogens (tertiary/aromatic N) is 1. The van der Waals surface area contributed by atoms with Gasteiger partial charge in [-0.1, -0.05) is 12.1 Å². The lowest BCUT2D eigenvalue weighted by molar-refractivity contribution is 0.305. The molecule has 114 valence electrons. The van der Waals surface area contributed by atoms with E-state index in [1.807, 2.05) is 6.07 Å². The Kier molecular flexibility index (Phi) is 4.11. The molecule has 0 bridgehead atoms. The molecule has 0 spiro atoms. The molecule has 0 radical (unpaired) electrons. The highest BCUT2D eigenvalue weighted by molar-refractivity contribution is 5.84. The van der Waals surface area contributed by atoms with Crippen molar-refractivity contribution in [2.75, 3.05) is 0 Å². The monoisotopic (exact) mass is 298 g/mol. The van der Waals surface area contributed by atoms with Crippen molar-refractivity contribution in [2.24, 2.45) is 5.73 Å². The van der Waals surface area contributed by atoms with Crippen molar-refractivity contribution in [2.45, 2.75) is 26.6 Å². The highest BCUT2D eigenvalue weighted by Crippen LogP contribution is 2.24. The van der Waals surface area contributed by atoms with Gasteiger partial charge in [0.2, 0.25) is 0 Å². The third-order valence-electron chi connectivity index (χ3n) is 3.79. The molecule has 0 saturated carbocycles. The van der Waals surface area contributed by atoms with E-state index in [9.17, 15) is 4.39 Å². The number of aromatic nitrogens is 1. The number of halogens is 1. The number of hydrogen-bond acceptors (Lipinski definition) is 2. The molecule has 0 atom stereocenters. The van der Waals surface area contributed by atoms with Gasteiger partial charge < -0.3 is 15.0 Å². The highest BCUT2D eigenvalue weighted by Gasteiger charge is 2.09. The normalized spacial score (nSPS) is 11.0. The first-order valence-electron chi connectivity index (χ1n) is 7.40. The Labute approximate surface area is 129 Å². The van der Waals surface area contributed by atoms with Crippen LogP contribution in [-0.4, -0.2) is 4.57 Å². The SMILES string of the molecule is CCn1cc(COc2cccc(F)c2)c2cc(CN)ccc21. The van der Waals surface area contributed by atoms with Gasteiger partial charge in [0.05, 0.1) is 0 Å². The molecule has 4 heteroatoms. The second-order valence-electron chi connectivity index (χ2n) is 5.24. The van der Waals surface area contributed by atoms with Crippen LogP contribution in [0.3, 0.4) is 0 Å². The Morgan fingerprint density at radius 2 is 2.05 bits per heavy atom. The van der Waals surface area contributed by atoms with Crippen LogP contribution in [0.4, 0.5) is 4.39 Å². The third-order valence-corrected chi connectivity index (χ3v) is 3.79. The van der Waals surface area contributed by atoms with Gasteiger partial charge in [0.1, 0.15) is 18.2 Å². The molecule has 0 aliphatic rings. The molecule has 0 fully saturated rings. The fourth-order valence-corrected chi connectivity index (χ4v) is 2.64. The molecule has 3 aromatic rings. The zero-order valence-electron chi connectivity index (χ0n) is 12.6. The van der Waals surface area contributed by atoms with E-state index in [1.165, 1.54) is 12.1 Å². The van der Waals surface area contributed by atoms with E-state index >= 15 is 0 Å². The molecule has 3 rings (SSSR count). The maximum absolute atomic E-state index is 13.2. The highest BCUT2D eigenvalue weighted by atomic mass is 19.1. The molecule has 0 unspecified atom stereocenters. The van der Waals surface area contributed by atoms with Gasteiger partial charge in [-0.2, -0.15) is 0 Å². The van der Waals surface area contributed by atoms with Crippen LogP contribution in [0.1, 0.15) is 18.1 Å². The number of ether oxygens (including phenoxy) is 1. The van der Waals surface area contributed by atoms with E-state index in [-0.39, 0.29) is 5.82 Å². The van der Waals surface area contributed by atoms with E-state index < -0.39 is 0 Å². The number of fused-ring (bicyclic) bond motifs is 1. The van der Waals surface area contributed by atoms with Crippen LogP contribution in [0.2, 0.25) is 0 Å². The molecule has 1 aromatic heterocycles. The second-order valence-corrected chi connectivity index (χ2v) is 5.24. The summed E-state index contributed by atoms with van der Waals surface area (Å²) < 4.78 is 21.1. The van der Waals surface area contributed by atoms with Crippen LogP contribution in [0.15, 0.2) is 48.7 Å². The van der Waals surface area contributed by atoms with Gasteiger partial charge in [-0.15, -0.1) is 0 Å². The topological polar surface area (TPSA) is 40.2 Å². The van der Waals surface area contributed by atoms with Crippen molar-refractivity contribution in [3.63, 3.8) is 0 Å². The number of hydrogen-bond donors (Lipinski definition) is 1. The lowest BCUT2D eigenvalue weighted by Crippen LogP contribution is -1.97. The van der Waals surface area contributed by atoms with Crippen molar-refractivity contribution in [3.05, 3.63) is 65.6 Å². The van der Waals surface area contributed by atoms with Gasteiger partial charge in [-0.05, 0) is 36.8 Å². The Hall–Kier alpha value is -2.33. The van der Waals surface area contributed by atoms with Crippen LogP contribution < -0.4 is 10.5 Å². The Morgan fingerprint density at radius 3 is 2.77 bits per heavy atom. The standard InChI is InChI=1S/C18H19FN2O/c1-2-21-11-14(12-22-16-5-3-4-15(19)9-16)17-8-13(10-20)6-7-18(17)21/h3-9,11H,2,10,12,20H2,1H3. The number of rotatable bonds is 5. The maximum atomic E-state index is 13.2. The lowest BCUT2D eigenvalue weighted by atomic mass is 10.1. The smallest absolute Gasteiger partial charge is 0.126 e. The van der Waals surface area contributed by atoms with Gasteiger partial charge in [0.15, 0.2) is 0 Å². The maximum Gasteiger partial charge on any atom is 0.126 e. The first-order chi connectivity index (χ1) is 10.7. The fraction of sp³-hybridized carbons (Fsp3) is 0.222. The molecule has 2 N–H and O–H groups in total. The molecular weight excluding hydrogens is 279 g/mol. The summed E-state index contributed by atoms with van der Waals surface area (Å²) in [7, 11) is 0. The minimum atomic E-state index is -0.293. The predicted octanol–water partition coefficient (Wildman–Crippen LogP) is 3.84. The van der Waals surface area contributed by atoms with Gasteiger partial charge in [-0.3, -0.25) is 0 Å². The molecule has 0 saturated heterocycles. The van der Waals surface area contributed by atoms with Crippen molar-refractivity contribution >= 4 is 10.9 Å². The second kappa shape index (κ2) is 6.20. The number of nitrogens with two attached hydrogens (primary N) is 1. The van der Waals surface area contributed by atoms with Crippen LogP contribution in [-0.2, 0) is 19.7 Å². The Balaban J connectivity index is 1.92. The Morgan fingerprint density at radius 1 is 1.18 bits per heavy atom. The van der Waals surface area contributed by atoms with E-state index in [0.29, 0.717) is 18.9 Å². The van der Waals surface area contributed by atoms with Gasteiger partial charge in [0.25, 0.3) is 0 Å². The Bertz CT molecular complexity index is 795. The van der Waals surface area contributed by atoms with E-state index in [1.54, 1.807) is 12.1 Å². The minimum absolute atomic E-state index is 0.293. The average Bonchev–Trinajstić information content (AvgIpc) is 2.90. The van der Waals surface area contributed by atoms with E-state index in [2.05, 4.69) is 29.8 Å². The van der Waals surface area contributed by atoms with E-state index in [4.69, 9.17) is 10.5 Å². The van der Waals surface area contributed by atoms with E-state index in [0.717, 1.165) is 28.6 Å². The predicted molar refractivity (Wildman–Crippen MR) is 86.2 cm³/mol. The average molecular weight is 298 g/mol. The van der Waals surface area contributed by atoms with Crippen LogP contribution in [0, 0.1) is 5.82 Å². The van der Waals surface area contributed by atoms with Crippen LogP contribution in [0.25, 0.3) is 10.9 Å². The zero-order valence-corrected chi connectivity index (χ0v) is 12.6. The summed E-state index contributed by atoms with van der Waals surface area (Å²) >= 11 is 0. The molecule has 0 amide bonds. The van der Waals surface area contributed by atoms with Crippen molar-refractivity contribution < 1.29 is 9.13 Å². The van der Waals surface area contributed by atoms with Gasteiger partial charge >= 0.3 is 0 Å². The molecule has 1 heterocycles. The summed E-state index contributed by atoms with van der Waals surface area (Å²) in [6, 6.07) is 12.4. The summed E-state index contributed by atoms with van der Waals surface area (Å²) in [4.78, 5) is 0. The quantitative estimate of drug-likeness (QED) is 0.777. The minimum Gasteiger partial charge on any atom is -0.489 e. The molecule has 22 heavy (non-hydrogen) atoms. The first-order valence-corrected chi connectivity index (χ1v) is 7.40. The van der Waals surface area contributed by atoms with Crippen molar-refractivity contribution in [1.29, 1.82) is 0 Å². The van der Waals surface area contributed by atoms with Crippen molar-refractivity contribution in [3.8, 4) is 5.75 Å². The molecule has 3 nitrogen and oxygen atoms in total. The number of aryl methyl sites for hydroxylation is 1. The van der Waals surface area contributed by atoms with Crippen LogP contribution >= 0.6 is 0 Å². The summed E-state index contributed by atoms with van der Waals surface area (Å²) in [6.45, 7) is 3.91. The fourth-order valence-electron chi connectivity index (χ4n) is 2.64. The third kappa shape index (κ3) is 2.83. The molecule has 0 aliphatic carbocycles. The molecule has 2 aromatic carbocycles. The first kappa shape index (κ1) is 14.6. The summed E-state index contributed by atoms with van der Waals surface area (Å²) in [6.07, 6.45) is 2.09. The largest absolute Gasteiger partial charge is 0.489 e. The van der Waals surface area contributed by atoms with Gasteiger partial charge in [0, 0.05) is 41.8 Å². The summed E-state index contributed by atoms with van der Waals surface area (Å²) in [5.74, 6) is 0.242. The van der Waals surface area contributed by atoms with Crippen molar-refractivity contribution in [1.82, 2.24) is 4.57 Å².